The molecule has 6 heteroatoms. The second-order valence-electron chi connectivity index (χ2n) is 6.94. The monoisotopic (exact) mass is 409 g/mol. The molecule has 6 nitrogen and oxygen atoms in total. The first kappa shape index (κ1) is 19.9. The SMILES string of the molecule is N#CC(=C(O)COC(=O)Cc1ccc(-c2ccccc2)cc1)c1nc2ccccc2[nH]1. The number of hydrogen-bond donors (Lipinski definition) is 2. The van der Waals surface area contributed by atoms with Crippen molar-refractivity contribution in [3.05, 3.63) is 96.0 Å². The third-order valence-corrected chi connectivity index (χ3v) is 4.81. The summed E-state index contributed by atoms with van der Waals surface area (Å²) < 4.78 is 5.16. The maximum absolute atomic E-state index is 12.2. The molecule has 152 valence electrons. The molecule has 1 heterocycles. The lowest BCUT2D eigenvalue weighted by molar-refractivity contribution is -0.142. The minimum atomic E-state index is -0.499. The number of ether oxygens (including phenoxy) is 1. The fourth-order valence-corrected chi connectivity index (χ4v) is 3.21. The molecule has 0 aliphatic rings. The lowest BCUT2D eigenvalue weighted by atomic mass is 10.0. The van der Waals surface area contributed by atoms with Crippen molar-refractivity contribution >= 4 is 22.6 Å². The molecule has 0 atom stereocenters. The predicted octanol–water partition coefficient (Wildman–Crippen LogP) is 4.81. The van der Waals surface area contributed by atoms with Gasteiger partial charge in [-0.3, -0.25) is 4.79 Å². The number of allylic oxidation sites excluding steroid dienone is 1. The summed E-state index contributed by atoms with van der Waals surface area (Å²) in [6.07, 6.45) is 0.0644. The van der Waals surface area contributed by atoms with Crippen molar-refractivity contribution in [1.29, 1.82) is 5.26 Å². The van der Waals surface area contributed by atoms with Gasteiger partial charge in [0.2, 0.25) is 0 Å². The summed E-state index contributed by atoms with van der Waals surface area (Å²) in [6, 6.07) is 26.8. The molecule has 4 aromatic rings. The first-order chi connectivity index (χ1) is 15.1. The number of hydrogen-bond acceptors (Lipinski definition) is 5. The van der Waals surface area contributed by atoms with E-state index in [4.69, 9.17) is 4.74 Å². The Morgan fingerprint density at radius 3 is 2.35 bits per heavy atom. The molecule has 31 heavy (non-hydrogen) atoms. The number of H-pyrrole nitrogens is 1. The molecule has 0 amide bonds. The van der Waals surface area contributed by atoms with Gasteiger partial charge in [-0.15, -0.1) is 0 Å². The van der Waals surface area contributed by atoms with E-state index in [1.807, 2.05) is 78.9 Å². The maximum Gasteiger partial charge on any atom is 0.310 e. The minimum absolute atomic E-state index is 0.0591. The van der Waals surface area contributed by atoms with Gasteiger partial charge >= 0.3 is 5.97 Å². The number of para-hydroxylation sites is 2. The lowest BCUT2D eigenvalue weighted by Gasteiger charge is -2.07. The van der Waals surface area contributed by atoms with E-state index in [1.54, 1.807) is 6.07 Å². The van der Waals surface area contributed by atoms with E-state index >= 15 is 0 Å². The fourth-order valence-electron chi connectivity index (χ4n) is 3.21. The summed E-state index contributed by atoms with van der Waals surface area (Å²) in [5.74, 6) is -0.621. The number of nitrogens with one attached hydrogen (secondary N) is 1. The fraction of sp³-hybridized carbons (Fsp3) is 0.0800. The van der Waals surface area contributed by atoms with E-state index in [2.05, 4.69) is 9.97 Å². The van der Waals surface area contributed by atoms with E-state index in [-0.39, 0.29) is 23.6 Å². The van der Waals surface area contributed by atoms with Crippen LogP contribution in [-0.2, 0) is 16.0 Å². The Kier molecular flexibility index (Phi) is 5.77. The van der Waals surface area contributed by atoms with Crippen LogP contribution in [0.1, 0.15) is 11.4 Å². The molecule has 3 aromatic carbocycles. The number of carbonyl (C=O) groups is 1. The van der Waals surface area contributed by atoms with E-state index in [0.717, 1.165) is 22.2 Å². The highest BCUT2D eigenvalue weighted by Crippen LogP contribution is 2.20. The Bertz CT molecular complexity index is 1250. The molecule has 0 aliphatic carbocycles. The molecule has 0 unspecified atom stereocenters. The summed E-state index contributed by atoms with van der Waals surface area (Å²) in [4.78, 5) is 19.5. The summed E-state index contributed by atoms with van der Waals surface area (Å²) in [5, 5.41) is 19.7. The molecule has 0 saturated carbocycles. The summed E-state index contributed by atoms with van der Waals surface area (Å²) in [7, 11) is 0. The van der Waals surface area contributed by atoms with Gasteiger partial charge in [0.05, 0.1) is 17.5 Å². The highest BCUT2D eigenvalue weighted by molar-refractivity contribution is 5.83. The quantitative estimate of drug-likeness (QED) is 0.270. The van der Waals surface area contributed by atoms with Crippen molar-refractivity contribution in [1.82, 2.24) is 9.97 Å². The Morgan fingerprint density at radius 2 is 1.65 bits per heavy atom. The Labute approximate surface area is 179 Å². The number of imidazole rings is 1. The van der Waals surface area contributed by atoms with Crippen LogP contribution in [0.3, 0.4) is 0 Å². The molecule has 0 aliphatic heterocycles. The molecule has 2 N–H and O–H groups in total. The molecule has 0 spiro atoms. The number of nitrogens with zero attached hydrogens (tertiary/aromatic N) is 2. The van der Waals surface area contributed by atoms with Crippen LogP contribution in [0, 0.1) is 11.3 Å². The zero-order valence-electron chi connectivity index (χ0n) is 16.6. The van der Waals surface area contributed by atoms with Crippen LogP contribution >= 0.6 is 0 Å². The van der Waals surface area contributed by atoms with Gasteiger partial charge in [0.15, 0.2) is 11.6 Å². The highest BCUT2D eigenvalue weighted by atomic mass is 16.5. The predicted molar refractivity (Wildman–Crippen MR) is 118 cm³/mol. The van der Waals surface area contributed by atoms with Crippen molar-refractivity contribution in [2.75, 3.05) is 6.61 Å². The topological polar surface area (TPSA) is 99.0 Å². The van der Waals surface area contributed by atoms with Crippen molar-refractivity contribution < 1.29 is 14.6 Å². The number of fused-ring (bicyclic) bond motifs is 1. The van der Waals surface area contributed by atoms with Crippen molar-refractivity contribution in [3.8, 4) is 17.2 Å². The largest absolute Gasteiger partial charge is 0.507 e. The molecule has 0 bridgehead atoms. The number of rotatable bonds is 6. The third-order valence-electron chi connectivity index (χ3n) is 4.81. The normalized spacial score (nSPS) is 11.6. The van der Waals surface area contributed by atoms with Gasteiger partial charge in [-0.2, -0.15) is 5.26 Å². The van der Waals surface area contributed by atoms with E-state index < -0.39 is 12.6 Å². The van der Waals surface area contributed by atoms with Crippen LogP contribution in [0.2, 0.25) is 0 Å². The van der Waals surface area contributed by atoms with Gasteiger partial charge in [-0.25, -0.2) is 4.98 Å². The first-order valence-electron chi connectivity index (χ1n) is 9.71. The van der Waals surface area contributed by atoms with Crippen LogP contribution in [0.15, 0.2) is 84.6 Å². The highest BCUT2D eigenvalue weighted by Gasteiger charge is 2.15. The third kappa shape index (κ3) is 4.62. The second kappa shape index (κ2) is 8.97. The standard InChI is InChI=1S/C25H19N3O3/c26-15-20(25-27-21-8-4-5-9-22(21)28-25)23(29)16-31-24(30)14-17-10-12-19(13-11-17)18-6-2-1-3-7-18/h1-13,29H,14,16H2,(H,27,28). The Hall–Kier alpha value is -4.37. The number of aromatic nitrogens is 2. The molecule has 0 saturated heterocycles. The average molecular weight is 409 g/mol. The molecular formula is C25H19N3O3. The van der Waals surface area contributed by atoms with E-state index in [1.165, 1.54) is 0 Å². The number of aromatic amines is 1. The van der Waals surface area contributed by atoms with E-state index in [9.17, 15) is 15.2 Å². The zero-order chi connectivity index (χ0) is 21.6. The smallest absolute Gasteiger partial charge is 0.310 e. The van der Waals surface area contributed by atoms with Crippen LogP contribution in [0.5, 0.6) is 0 Å². The zero-order valence-corrected chi connectivity index (χ0v) is 16.6. The number of esters is 1. The average Bonchev–Trinajstić information content (AvgIpc) is 3.23. The van der Waals surface area contributed by atoms with Crippen LogP contribution in [0.25, 0.3) is 27.7 Å². The molecular weight excluding hydrogens is 390 g/mol. The number of nitriles is 1. The van der Waals surface area contributed by atoms with Gasteiger partial charge in [0.25, 0.3) is 0 Å². The molecule has 0 radical (unpaired) electrons. The summed E-state index contributed by atoms with van der Waals surface area (Å²) in [6.45, 7) is -0.402. The number of benzene rings is 3. The van der Waals surface area contributed by atoms with E-state index in [0.29, 0.717) is 5.52 Å². The Morgan fingerprint density at radius 1 is 0.968 bits per heavy atom. The number of carbonyl (C=O) groups excluding carboxylic acids is 1. The van der Waals surface area contributed by atoms with Crippen molar-refractivity contribution in [3.63, 3.8) is 0 Å². The van der Waals surface area contributed by atoms with Gasteiger partial charge in [-0.1, -0.05) is 66.7 Å². The molecule has 1 aromatic heterocycles. The van der Waals surface area contributed by atoms with Gasteiger partial charge < -0.3 is 14.8 Å². The van der Waals surface area contributed by atoms with Gasteiger partial charge in [0, 0.05) is 0 Å². The first-order valence-corrected chi connectivity index (χ1v) is 9.71. The summed E-state index contributed by atoms with van der Waals surface area (Å²) >= 11 is 0. The molecule has 0 fully saturated rings. The van der Waals surface area contributed by atoms with Gasteiger partial charge in [-0.05, 0) is 28.8 Å². The second-order valence-corrected chi connectivity index (χ2v) is 6.94. The van der Waals surface area contributed by atoms with Crippen molar-refractivity contribution in [2.24, 2.45) is 0 Å². The van der Waals surface area contributed by atoms with Gasteiger partial charge in [0.1, 0.15) is 18.2 Å². The Balaban J connectivity index is 1.40. The van der Waals surface area contributed by atoms with Crippen LogP contribution < -0.4 is 0 Å². The minimum Gasteiger partial charge on any atom is -0.507 e. The maximum atomic E-state index is 12.2. The lowest BCUT2D eigenvalue weighted by Crippen LogP contribution is -2.11. The van der Waals surface area contributed by atoms with Crippen LogP contribution in [0.4, 0.5) is 0 Å². The number of aliphatic hydroxyl groups excluding tert-OH is 1. The summed E-state index contributed by atoms with van der Waals surface area (Å²) in [5.41, 5.74) is 4.31. The number of aliphatic hydroxyl groups is 1. The van der Waals surface area contributed by atoms with Crippen molar-refractivity contribution in [2.45, 2.75) is 6.42 Å². The van der Waals surface area contributed by atoms with Crippen LogP contribution in [-0.4, -0.2) is 27.7 Å². The molecule has 4 rings (SSSR count).